The number of aryl methyl sites for hydroxylation is 1. The molecule has 1 heterocycles. The Labute approximate surface area is 105 Å². The van der Waals surface area contributed by atoms with Gasteiger partial charge < -0.3 is 0 Å². The van der Waals surface area contributed by atoms with E-state index >= 15 is 0 Å². The highest BCUT2D eigenvalue weighted by atomic mass is 35.5. The fourth-order valence-corrected chi connectivity index (χ4v) is 2.01. The van der Waals surface area contributed by atoms with Crippen LogP contribution in [0.2, 0.25) is 5.15 Å². The van der Waals surface area contributed by atoms with Gasteiger partial charge in [-0.1, -0.05) is 29.8 Å². The molecule has 0 atom stereocenters. The van der Waals surface area contributed by atoms with Crippen molar-refractivity contribution in [3.8, 4) is 17.2 Å². The quantitative estimate of drug-likeness (QED) is 0.712. The summed E-state index contributed by atoms with van der Waals surface area (Å²) >= 11 is 5.94. The Morgan fingerprint density at radius 1 is 1.18 bits per heavy atom. The minimum Gasteiger partial charge on any atom is -0.243 e. The van der Waals surface area contributed by atoms with Crippen LogP contribution in [0.4, 0.5) is 0 Å². The number of hydrogen-bond donors (Lipinski definition) is 0. The van der Waals surface area contributed by atoms with Crippen molar-refractivity contribution in [2.45, 2.75) is 13.8 Å². The average molecular weight is 243 g/mol. The number of rotatable bonds is 1. The number of benzene rings is 1. The van der Waals surface area contributed by atoms with Gasteiger partial charge in [-0.2, -0.15) is 5.26 Å². The maximum absolute atomic E-state index is 9.15. The largest absolute Gasteiger partial charge is 0.243 e. The van der Waals surface area contributed by atoms with Gasteiger partial charge in [0.2, 0.25) is 0 Å². The molecule has 0 N–H and O–H groups in total. The van der Waals surface area contributed by atoms with Crippen molar-refractivity contribution in [3.63, 3.8) is 0 Å². The van der Waals surface area contributed by atoms with Crippen molar-refractivity contribution in [2.24, 2.45) is 0 Å². The predicted octanol–water partition coefficient (Wildman–Crippen LogP) is 3.89. The van der Waals surface area contributed by atoms with Crippen LogP contribution in [0.5, 0.6) is 0 Å². The highest BCUT2D eigenvalue weighted by molar-refractivity contribution is 6.31. The monoisotopic (exact) mass is 242 g/mol. The SMILES string of the molecule is Cc1cccc(-c2ccnc(Cl)c2C#N)c1C. The topological polar surface area (TPSA) is 36.7 Å². The Kier molecular flexibility index (Phi) is 3.12. The van der Waals surface area contributed by atoms with Crippen LogP contribution in [-0.2, 0) is 0 Å². The molecule has 0 radical (unpaired) electrons. The summed E-state index contributed by atoms with van der Waals surface area (Å²) in [5.41, 5.74) is 4.66. The second-order valence-corrected chi connectivity index (χ2v) is 4.24. The first kappa shape index (κ1) is 11.6. The maximum Gasteiger partial charge on any atom is 0.147 e. The lowest BCUT2D eigenvalue weighted by Crippen LogP contribution is -1.92. The standard InChI is InChI=1S/C14H11ClN2/c1-9-4-3-5-11(10(9)2)12-6-7-17-14(15)13(12)8-16/h3-7H,1-2H3. The molecular weight excluding hydrogens is 232 g/mol. The minimum atomic E-state index is 0.255. The molecular formula is C14H11ClN2. The Bertz CT molecular complexity index is 612. The summed E-state index contributed by atoms with van der Waals surface area (Å²) in [6.07, 6.45) is 1.63. The number of halogens is 1. The summed E-state index contributed by atoms with van der Waals surface area (Å²) in [6.45, 7) is 4.09. The molecule has 0 unspecified atom stereocenters. The lowest BCUT2D eigenvalue weighted by Gasteiger charge is -2.10. The fraction of sp³-hybridized carbons (Fsp3) is 0.143. The zero-order chi connectivity index (χ0) is 12.4. The first-order valence-electron chi connectivity index (χ1n) is 5.26. The first-order valence-corrected chi connectivity index (χ1v) is 5.64. The summed E-state index contributed by atoms with van der Waals surface area (Å²) in [4.78, 5) is 3.93. The van der Waals surface area contributed by atoms with E-state index in [1.165, 1.54) is 5.56 Å². The molecule has 2 aromatic rings. The Morgan fingerprint density at radius 2 is 1.94 bits per heavy atom. The normalized spacial score (nSPS) is 10.0. The van der Waals surface area contributed by atoms with Gasteiger partial charge in [-0.15, -0.1) is 0 Å². The van der Waals surface area contributed by atoms with Gasteiger partial charge in [-0.25, -0.2) is 4.98 Å². The zero-order valence-corrected chi connectivity index (χ0v) is 10.4. The van der Waals surface area contributed by atoms with Crippen LogP contribution in [0.3, 0.4) is 0 Å². The molecule has 0 aliphatic rings. The first-order chi connectivity index (χ1) is 8.15. The van der Waals surface area contributed by atoms with Crippen LogP contribution in [0.1, 0.15) is 16.7 Å². The van der Waals surface area contributed by atoms with Gasteiger partial charge in [0.25, 0.3) is 0 Å². The van der Waals surface area contributed by atoms with E-state index in [2.05, 4.69) is 11.1 Å². The maximum atomic E-state index is 9.15. The smallest absolute Gasteiger partial charge is 0.147 e. The number of nitrogens with zero attached hydrogens (tertiary/aromatic N) is 2. The van der Waals surface area contributed by atoms with Crippen molar-refractivity contribution in [3.05, 3.63) is 52.3 Å². The van der Waals surface area contributed by atoms with E-state index in [0.29, 0.717) is 5.56 Å². The minimum absolute atomic E-state index is 0.255. The van der Waals surface area contributed by atoms with Crippen LogP contribution in [0.25, 0.3) is 11.1 Å². The van der Waals surface area contributed by atoms with E-state index in [1.807, 2.05) is 38.1 Å². The van der Waals surface area contributed by atoms with Gasteiger partial charge in [-0.05, 0) is 36.6 Å². The van der Waals surface area contributed by atoms with Crippen LogP contribution in [-0.4, -0.2) is 4.98 Å². The van der Waals surface area contributed by atoms with E-state index in [-0.39, 0.29) is 5.15 Å². The number of hydrogen-bond acceptors (Lipinski definition) is 2. The van der Waals surface area contributed by atoms with Gasteiger partial charge in [0.1, 0.15) is 11.2 Å². The van der Waals surface area contributed by atoms with Crippen molar-refractivity contribution in [1.29, 1.82) is 5.26 Å². The summed E-state index contributed by atoms with van der Waals surface area (Å²) < 4.78 is 0. The highest BCUT2D eigenvalue weighted by Gasteiger charge is 2.11. The van der Waals surface area contributed by atoms with Crippen LogP contribution < -0.4 is 0 Å². The zero-order valence-electron chi connectivity index (χ0n) is 9.66. The lowest BCUT2D eigenvalue weighted by atomic mass is 9.95. The van der Waals surface area contributed by atoms with E-state index in [1.54, 1.807) is 6.20 Å². The molecule has 1 aromatic heterocycles. The van der Waals surface area contributed by atoms with Gasteiger partial charge in [0, 0.05) is 11.8 Å². The third-order valence-electron chi connectivity index (χ3n) is 2.91. The third-order valence-corrected chi connectivity index (χ3v) is 3.20. The van der Waals surface area contributed by atoms with Gasteiger partial charge in [-0.3, -0.25) is 0 Å². The lowest BCUT2D eigenvalue weighted by molar-refractivity contribution is 1.28. The Hall–Kier alpha value is -1.85. The van der Waals surface area contributed by atoms with E-state index in [0.717, 1.165) is 16.7 Å². The third kappa shape index (κ3) is 2.02. The molecule has 0 bridgehead atoms. The Balaban J connectivity index is 2.74. The molecule has 2 rings (SSSR count). The molecule has 0 amide bonds. The fourth-order valence-electron chi connectivity index (χ4n) is 1.81. The van der Waals surface area contributed by atoms with Gasteiger partial charge in [0.15, 0.2) is 0 Å². The number of aromatic nitrogens is 1. The molecule has 84 valence electrons. The van der Waals surface area contributed by atoms with Gasteiger partial charge in [0.05, 0.1) is 5.56 Å². The summed E-state index contributed by atoms with van der Waals surface area (Å²) in [7, 11) is 0. The van der Waals surface area contributed by atoms with E-state index < -0.39 is 0 Å². The molecule has 0 fully saturated rings. The molecule has 2 nitrogen and oxygen atoms in total. The van der Waals surface area contributed by atoms with Crippen molar-refractivity contribution in [2.75, 3.05) is 0 Å². The predicted molar refractivity (Wildman–Crippen MR) is 68.9 cm³/mol. The molecule has 17 heavy (non-hydrogen) atoms. The number of nitriles is 1. The number of pyridine rings is 1. The molecule has 0 aliphatic carbocycles. The summed E-state index contributed by atoms with van der Waals surface area (Å²) in [5.74, 6) is 0. The molecule has 0 saturated heterocycles. The van der Waals surface area contributed by atoms with Crippen molar-refractivity contribution >= 4 is 11.6 Å². The highest BCUT2D eigenvalue weighted by Crippen LogP contribution is 2.30. The van der Waals surface area contributed by atoms with Crippen LogP contribution >= 0.6 is 11.6 Å². The van der Waals surface area contributed by atoms with Crippen molar-refractivity contribution in [1.82, 2.24) is 4.98 Å². The molecule has 0 spiro atoms. The molecule has 0 saturated carbocycles. The van der Waals surface area contributed by atoms with Gasteiger partial charge >= 0.3 is 0 Å². The average Bonchev–Trinajstić information content (AvgIpc) is 2.32. The van der Waals surface area contributed by atoms with E-state index in [4.69, 9.17) is 16.9 Å². The Morgan fingerprint density at radius 3 is 2.65 bits per heavy atom. The second kappa shape index (κ2) is 4.57. The summed E-state index contributed by atoms with van der Waals surface area (Å²) in [5, 5.41) is 9.40. The molecule has 0 aliphatic heterocycles. The second-order valence-electron chi connectivity index (χ2n) is 3.88. The van der Waals surface area contributed by atoms with E-state index in [9.17, 15) is 0 Å². The molecule has 3 heteroatoms. The van der Waals surface area contributed by atoms with Crippen LogP contribution in [0.15, 0.2) is 30.5 Å². The van der Waals surface area contributed by atoms with Crippen molar-refractivity contribution < 1.29 is 0 Å². The molecule has 1 aromatic carbocycles. The summed E-state index contributed by atoms with van der Waals surface area (Å²) in [6, 6.07) is 9.96. The van der Waals surface area contributed by atoms with Crippen LogP contribution in [0, 0.1) is 25.2 Å².